The summed E-state index contributed by atoms with van der Waals surface area (Å²) in [7, 11) is -3.70. The largest absolute Gasteiger partial charge is 0.484 e. The standard InChI is InChI=1S/C24H28N4O5S/c25-17-19-4-6-20(7-5-19)33-18-24(29)26-22-16-21(34(30,31)28-12-14-32-15-13-28)8-9-23(22)27-10-2-1-3-11-27/h4-9,16H,1-3,10-15,18H2,(H,26,29). The number of piperidine rings is 1. The second-order valence-corrected chi connectivity index (χ2v) is 10.2. The molecule has 0 saturated carbocycles. The molecule has 2 heterocycles. The van der Waals surface area contributed by atoms with Crippen LogP contribution in [0.25, 0.3) is 0 Å². The van der Waals surface area contributed by atoms with Crippen LogP contribution in [-0.2, 0) is 19.6 Å². The SMILES string of the molecule is N#Cc1ccc(OCC(=O)Nc2cc(S(=O)(=O)N3CCOCC3)ccc2N2CCCCC2)cc1. The highest BCUT2D eigenvalue weighted by Crippen LogP contribution is 2.32. The first-order valence-corrected chi connectivity index (χ1v) is 12.8. The third-order valence-corrected chi connectivity index (χ3v) is 7.79. The van der Waals surface area contributed by atoms with Crippen molar-refractivity contribution in [1.29, 1.82) is 5.26 Å². The summed E-state index contributed by atoms with van der Waals surface area (Å²) in [5.74, 6) is 0.0672. The predicted octanol–water partition coefficient (Wildman–Crippen LogP) is 2.59. The third kappa shape index (κ3) is 5.67. The summed E-state index contributed by atoms with van der Waals surface area (Å²) in [5.41, 5.74) is 1.75. The van der Waals surface area contributed by atoms with Crippen molar-refractivity contribution in [3.8, 4) is 11.8 Å². The molecule has 34 heavy (non-hydrogen) atoms. The van der Waals surface area contributed by atoms with E-state index < -0.39 is 15.9 Å². The predicted molar refractivity (Wildman–Crippen MR) is 127 cm³/mol. The number of hydrogen-bond donors (Lipinski definition) is 1. The minimum Gasteiger partial charge on any atom is -0.484 e. The summed E-state index contributed by atoms with van der Waals surface area (Å²) in [4.78, 5) is 15.0. The Kier molecular flexibility index (Phi) is 7.67. The van der Waals surface area contributed by atoms with E-state index in [1.165, 1.54) is 10.4 Å². The van der Waals surface area contributed by atoms with Gasteiger partial charge in [0.15, 0.2) is 6.61 Å². The van der Waals surface area contributed by atoms with Crippen molar-refractivity contribution in [3.63, 3.8) is 0 Å². The smallest absolute Gasteiger partial charge is 0.262 e. The van der Waals surface area contributed by atoms with Crippen LogP contribution < -0.4 is 15.0 Å². The molecule has 2 fully saturated rings. The molecule has 0 aromatic heterocycles. The Morgan fingerprint density at radius 3 is 2.41 bits per heavy atom. The van der Waals surface area contributed by atoms with Gasteiger partial charge in [0, 0.05) is 26.2 Å². The number of benzene rings is 2. The number of ether oxygens (including phenoxy) is 2. The van der Waals surface area contributed by atoms with Crippen LogP contribution in [0, 0.1) is 11.3 Å². The zero-order chi connectivity index (χ0) is 24.0. The maximum absolute atomic E-state index is 13.2. The number of sulfonamides is 1. The molecule has 0 atom stereocenters. The van der Waals surface area contributed by atoms with Crippen LogP contribution in [0.15, 0.2) is 47.4 Å². The summed E-state index contributed by atoms with van der Waals surface area (Å²) in [6.07, 6.45) is 3.24. The number of morpholine rings is 1. The van der Waals surface area contributed by atoms with Crippen molar-refractivity contribution in [1.82, 2.24) is 4.31 Å². The summed E-state index contributed by atoms with van der Waals surface area (Å²) in [6, 6.07) is 13.4. The lowest BCUT2D eigenvalue weighted by Gasteiger charge is -2.31. The topological polar surface area (TPSA) is 112 Å². The van der Waals surface area contributed by atoms with Gasteiger partial charge in [-0.25, -0.2) is 8.42 Å². The van der Waals surface area contributed by atoms with Crippen molar-refractivity contribution in [2.75, 3.05) is 56.2 Å². The summed E-state index contributed by atoms with van der Waals surface area (Å²) < 4.78 is 38.6. The molecule has 1 N–H and O–H groups in total. The first kappa shape index (κ1) is 24.0. The zero-order valence-corrected chi connectivity index (χ0v) is 19.7. The number of nitrogens with one attached hydrogen (secondary N) is 1. The fraction of sp³-hybridized carbons (Fsp3) is 0.417. The Balaban J connectivity index is 1.54. The molecule has 10 heteroatoms. The zero-order valence-electron chi connectivity index (χ0n) is 18.9. The number of hydrogen-bond acceptors (Lipinski definition) is 7. The van der Waals surface area contributed by atoms with Crippen LogP contribution in [0.3, 0.4) is 0 Å². The molecular formula is C24H28N4O5S. The van der Waals surface area contributed by atoms with Crippen LogP contribution in [0.5, 0.6) is 5.75 Å². The molecule has 2 aliphatic rings. The summed E-state index contributed by atoms with van der Waals surface area (Å²) >= 11 is 0. The van der Waals surface area contributed by atoms with E-state index in [0.29, 0.717) is 43.3 Å². The Hall–Kier alpha value is -3.13. The molecule has 2 aromatic rings. The highest BCUT2D eigenvalue weighted by Gasteiger charge is 2.28. The van der Waals surface area contributed by atoms with Crippen molar-refractivity contribution in [2.24, 2.45) is 0 Å². The lowest BCUT2D eigenvalue weighted by atomic mass is 10.1. The molecule has 0 unspecified atom stereocenters. The van der Waals surface area contributed by atoms with Gasteiger partial charge in [-0.2, -0.15) is 9.57 Å². The van der Waals surface area contributed by atoms with Gasteiger partial charge in [-0.1, -0.05) is 0 Å². The van der Waals surface area contributed by atoms with Gasteiger partial charge in [0.25, 0.3) is 5.91 Å². The minimum absolute atomic E-state index is 0.137. The van der Waals surface area contributed by atoms with Crippen molar-refractivity contribution < 1.29 is 22.7 Å². The number of anilines is 2. The van der Waals surface area contributed by atoms with Crippen molar-refractivity contribution in [2.45, 2.75) is 24.2 Å². The molecule has 2 aliphatic heterocycles. The number of nitrogens with zero attached hydrogens (tertiary/aromatic N) is 3. The van der Waals surface area contributed by atoms with Gasteiger partial charge in [0.1, 0.15) is 5.75 Å². The summed E-state index contributed by atoms with van der Waals surface area (Å²) in [6.45, 7) is 2.78. The van der Waals surface area contributed by atoms with Gasteiger partial charge in [-0.15, -0.1) is 0 Å². The van der Waals surface area contributed by atoms with E-state index in [2.05, 4.69) is 10.2 Å². The van der Waals surface area contributed by atoms with E-state index in [0.717, 1.165) is 38.0 Å². The number of nitriles is 1. The van der Waals surface area contributed by atoms with E-state index >= 15 is 0 Å². The van der Waals surface area contributed by atoms with E-state index in [1.54, 1.807) is 36.4 Å². The van der Waals surface area contributed by atoms with Gasteiger partial charge < -0.3 is 19.7 Å². The Morgan fingerprint density at radius 2 is 1.74 bits per heavy atom. The Labute approximate surface area is 199 Å². The van der Waals surface area contributed by atoms with Crippen LogP contribution in [-0.4, -0.2) is 64.6 Å². The fourth-order valence-corrected chi connectivity index (χ4v) is 5.52. The normalized spacial score (nSPS) is 17.1. The molecule has 1 amide bonds. The highest BCUT2D eigenvalue weighted by atomic mass is 32.2. The minimum atomic E-state index is -3.70. The van der Waals surface area contributed by atoms with E-state index in [1.807, 2.05) is 6.07 Å². The molecule has 0 aliphatic carbocycles. The molecule has 2 aromatic carbocycles. The Morgan fingerprint density at radius 1 is 1.03 bits per heavy atom. The van der Waals surface area contributed by atoms with Crippen molar-refractivity contribution >= 4 is 27.3 Å². The maximum Gasteiger partial charge on any atom is 0.262 e. The lowest BCUT2D eigenvalue weighted by Crippen LogP contribution is -2.40. The monoisotopic (exact) mass is 484 g/mol. The average molecular weight is 485 g/mol. The molecular weight excluding hydrogens is 456 g/mol. The molecule has 0 spiro atoms. The number of amides is 1. The molecule has 0 bridgehead atoms. The number of carbonyl (C=O) groups excluding carboxylic acids is 1. The highest BCUT2D eigenvalue weighted by molar-refractivity contribution is 7.89. The molecule has 180 valence electrons. The first-order valence-electron chi connectivity index (χ1n) is 11.4. The van der Waals surface area contributed by atoms with Crippen LogP contribution >= 0.6 is 0 Å². The third-order valence-electron chi connectivity index (χ3n) is 5.90. The fourth-order valence-electron chi connectivity index (χ4n) is 4.08. The first-order chi connectivity index (χ1) is 16.5. The quantitative estimate of drug-likeness (QED) is 0.643. The van der Waals surface area contributed by atoms with Crippen LogP contribution in [0.2, 0.25) is 0 Å². The lowest BCUT2D eigenvalue weighted by molar-refractivity contribution is -0.118. The van der Waals surface area contributed by atoms with Gasteiger partial charge in [-0.3, -0.25) is 4.79 Å². The molecule has 0 radical (unpaired) electrons. The second kappa shape index (κ2) is 10.9. The van der Waals surface area contributed by atoms with E-state index in [-0.39, 0.29) is 11.5 Å². The maximum atomic E-state index is 13.2. The second-order valence-electron chi connectivity index (χ2n) is 8.22. The summed E-state index contributed by atoms with van der Waals surface area (Å²) in [5, 5.41) is 11.7. The molecule has 4 rings (SSSR count). The van der Waals surface area contributed by atoms with E-state index in [4.69, 9.17) is 14.7 Å². The van der Waals surface area contributed by atoms with Gasteiger partial charge in [0.2, 0.25) is 10.0 Å². The average Bonchev–Trinajstić information content (AvgIpc) is 2.89. The van der Waals surface area contributed by atoms with Gasteiger partial charge >= 0.3 is 0 Å². The van der Waals surface area contributed by atoms with E-state index in [9.17, 15) is 13.2 Å². The Bertz CT molecular complexity index is 1150. The van der Waals surface area contributed by atoms with Gasteiger partial charge in [-0.05, 0) is 61.7 Å². The van der Waals surface area contributed by atoms with Crippen LogP contribution in [0.4, 0.5) is 11.4 Å². The molecule has 2 saturated heterocycles. The van der Waals surface area contributed by atoms with Gasteiger partial charge in [0.05, 0.1) is 41.1 Å². The molecule has 9 nitrogen and oxygen atoms in total. The van der Waals surface area contributed by atoms with Crippen LogP contribution in [0.1, 0.15) is 24.8 Å². The number of carbonyl (C=O) groups is 1. The number of rotatable bonds is 7. The van der Waals surface area contributed by atoms with Crippen molar-refractivity contribution in [3.05, 3.63) is 48.0 Å².